The summed E-state index contributed by atoms with van der Waals surface area (Å²) in [7, 11) is 0. The lowest BCUT2D eigenvalue weighted by Gasteiger charge is -2.13. The third-order valence-corrected chi connectivity index (χ3v) is 2.38. The van der Waals surface area contributed by atoms with Crippen molar-refractivity contribution in [1.82, 2.24) is 4.98 Å². The van der Waals surface area contributed by atoms with Gasteiger partial charge in [0, 0.05) is 12.6 Å². The van der Waals surface area contributed by atoms with Crippen LogP contribution in [-0.4, -0.2) is 29.2 Å². The van der Waals surface area contributed by atoms with Crippen LogP contribution in [0.3, 0.4) is 0 Å². The number of aromatic nitrogens is 1. The van der Waals surface area contributed by atoms with Crippen LogP contribution in [0.15, 0.2) is 24.9 Å². The number of pyridine rings is 1. The topological polar surface area (TPSA) is 77.3 Å². The molecule has 0 saturated heterocycles. The molecule has 7 heteroatoms. The lowest BCUT2D eigenvalue weighted by Crippen LogP contribution is -2.20. The highest BCUT2D eigenvalue weighted by Crippen LogP contribution is 2.23. The van der Waals surface area contributed by atoms with E-state index in [1.54, 1.807) is 6.08 Å². The van der Waals surface area contributed by atoms with Gasteiger partial charge in [-0.3, -0.25) is 10.1 Å². The molecule has 0 aliphatic heterocycles. The second-order valence-corrected chi connectivity index (χ2v) is 4.00. The number of halogens is 1. The first kappa shape index (κ1) is 14.4. The molecule has 1 heterocycles. The Labute approximate surface area is 110 Å². The third kappa shape index (κ3) is 4.31. The van der Waals surface area contributed by atoms with E-state index in [1.807, 2.05) is 6.92 Å². The molecular weight excluding hydrogens is 258 g/mol. The molecule has 1 aromatic rings. The van der Waals surface area contributed by atoms with E-state index in [-0.39, 0.29) is 16.8 Å². The zero-order chi connectivity index (χ0) is 13.5. The highest BCUT2D eigenvalue weighted by Gasteiger charge is 2.11. The summed E-state index contributed by atoms with van der Waals surface area (Å²) in [5.41, 5.74) is -0.137. The van der Waals surface area contributed by atoms with Gasteiger partial charge in [0.25, 0.3) is 5.69 Å². The van der Waals surface area contributed by atoms with Gasteiger partial charge >= 0.3 is 0 Å². The molecular formula is C11H14ClN3O3. The molecule has 6 nitrogen and oxygen atoms in total. The summed E-state index contributed by atoms with van der Waals surface area (Å²) in [5.74, 6) is 0.399. The monoisotopic (exact) mass is 271 g/mol. The summed E-state index contributed by atoms with van der Waals surface area (Å²) in [6, 6.07) is 1.26. The van der Waals surface area contributed by atoms with Crippen LogP contribution in [-0.2, 0) is 4.74 Å². The molecule has 0 aliphatic carbocycles. The Kier molecular flexibility index (Phi) is 5.54. The fourth-order valence-corrected chi connectivity index (χ4v) is 1.42. The Hall–Kier alpha value is -1.66. The van der Waals surface area contributed by atoms with Gasteiger partial charge in [0.05, 0.1) is 22.7 Å². The van der Waals surface area contributed by atoms with Crippen LogP contribution >= 0.6 is 11.6 Å². The molecule has 0 spiro atoms. The fraction of sp³-hybridized carbons (Fsp3) is 0.364. The summed E-state index contributed by atoms with van der Waals surface area (Å²) in [4.78, 5) is 13.9. The van der Waals surface area contributed by atoms with Crippen LogP contribution in [0, 0.1) is 10.1 Å². The van der Waals surface area contributed by atoms with E-state index in [9.17, 15) is 10.1 Å². The molecule has 0 radical (unpaired) electrons. The summed E-state index contributed by atoms with van der Waals surface area (Å²) in [5, 5.41) is 13.7. The van der Waals surface area contributed by atoms with E-state index >= 15 is 0 Å². The van der Waals surface area contributed by atoms with E-state index in [2.05, 4.69) is 16.9 Å². The van der Waals surface area contributed by atoms with Crippen molar-refractivity contribution in [3.63, 3.8) is 0 Å². The molecule has 1 N–H and O–H groups in total. The largest absolute Gasteiger partial charge is 0.373 e. The Morgan fingerprint density at radius 3 is 3.06 bits per heavy atom. The second kappa shape index (κ2) is 6.93. The molecule has 0 amide bonds. The first-order chi connectivity index (χ1) is 8.54. The van der Waals surface area contributed by atoms with E-state index < -0.39 is 4.92 Å². The third-order valence-electron chi connectivity index (χ3n) is 2.09. The molecule has 0 fully saturated rings. The number of anilines is 1. The molecule has 1 rings (SSSR count). The number of hydrogen-bond donors (Lipinski definition) is 1. The standard InChI is InChI=1S/C11H14ClN3O3/c1-3-4-18-8(2)6-13-11-10(12)5-9(7-14-11)15(16)17/h3,5,7-8H,1,4,6H2,2H3,(H,13,14). The van der Waals surface area contributed by atoms with E-state index in [4.69, 9.17) is 16.3 Å². The van der Waals surface area contributed by atoms with Crippen molar-refractivity contribution in [2.24, 2.45) is 0 Å². The van der Waals surface area contributed by atoms with Gasteiger partial charge in [0.2, 0.25) is 0 Å². The summed E-state index contributed by atoms with van der Waals surface area (Å²) in [6.07, 6.45) is 2.77. The molecule has 1 atom stereocenters. The molecule has 98 valence electrons. The average Bonchev–Trinajstić information content (AvgIpc) is 2.34. The first-order valence-corrected chi connectivity index (χ1v) is 5.68. The predicted molar refractivity (Wildman–Crippen MR) is 70.0 cm³/mol. The van der Waals surface area contributed by atoms with Crippen LogP contribution in [0.2, 0.25) is 5.02 Å². The Morgan fingerprint density at radius 1 is 1.78 bits per heavy atom. The van der Waals surface area contributed by atoms with Crippen LogP contribution < -0.4 is 5.32 Å². The minimum atomic E-state index is -0.543. The van der Waals surface area contributed by atoms with Gasteiger partial charge in [-0.2, -0.15) is 0 Å². The lowest BCUT2D eigenvalue weighted by molar-refractivity contribution is -0.385. The summed E-state index contributed by atoms with van der Waals surface area (Å²) < 4.78 is 5.36. The molecule has 1 unspecified atom stereocenters. The average molecular weight is 272 g/mol. The summed E-state index contributed by atoms with van der Waals surface area (Å²) >= 11 is 5.87. The van der Waals surface area contributed by atoms with Crippen molar-refractivity contribution in [1.29, 1.82) is 0 Å². The van der Waals surface area contributed by atoms with Gasteiger partial charge < -0.3 is 10.1 Å². The molecule has 0 aromatic carbocycles. The van der Waals surface area contributed by atoms with Crippen molar-refractivity contribution in [2.75, 3.05) is 18.5 Å². The van der Waals surface area contributed by atoms with Gasteiger partial charge in [-0.15, -0.1) is 6.58 Å². The molecule has 0 saturated carbocycles. The summed E-state index contributed by atoms with van der Waals surface area (Å²) in [6.45, 7) is 6.39. The normalized spacial score (nSPS) is 11.9. The number of rotatable bonds is 7. The van der Waals surface area contributed by atoms with Crippen LogP contribution in [0.4, 0.5) is 11.5 Å². The molecule has 1 aromatic heterocycles. The Bertz CT molecular complexity index is 440. The van der Waals surface area contributed by atoms with Crippen molar-refractivity contribution < 1.29 is 9.66 Å². The maximum Gasteiger partial charge on any atom is 0.289 e. The van der Waals surface area contributed by atoms with Crippen LogP contribution in [0.1, 0.15) is 6.92 Å². The maximum absolute atomic E-state index is 10.5. The van der Waals surface area contributed by atoms with Gasteiger partial charge in [-0.25, -0.2) is 4.98 Å². The van der Waals surface area contributed by atoms with Crippen LogP contribution in [0.5, 0.6) is 0 Å². The number of nitrogens with one attached hydrogen (secondary N) is 1. The lowest BCUT2D eigenvalue weighted by atomic mass is 10.3. The number of nitro groups is 1. The fourth-order valence-electron chi connectivity index (χ4n) is 1.19. The molecule has 0 bridgehead atoms. The molecule has 18 heavy (non-hydrogen) atoms. The Balaban J connectivity index is 2.57. The second-order valence-electron chi connectivity index (χ2n) is 3.59. The number of ether oxygens (including phenoxy) is 1. The van der Waals surface area contributed by atoms with Gasteiger partial charge in [0.1, 0.15) is 12.0 Å². The number of hydrogen-bond acceptors (Lipinski definition) is 5. The van der Waals surface area contributed by atoms with Crippen molar-refractivity contribution in [2.45, 2.75) is 13.0 Å². The van der Waals surface area contributed by atoms with E-state index in [0.29, 0.717) is 19.0 Å². The minimum Gasteiger partial charge on any atom is -0.373 e. The predicted octanol–water partition coefficient (Wildman–Crippen LogP) is 2.65. The van der Waals surface area contributed by atoms with Gasteiger partial charge in [-0.1, -0.05) is 17.7 Å². The van der Waals surface area contributed by atoms with Crippen LogP contribution in [0.25, 0.3) is 0 Å². The first-order valence-electron chi connectivity index (χ1n) is 5.31. The van der Waals surface area contributed by atoms with E-state index in [1.165, 1.54) is 6.07 Å². The zero-order valence-electron chi connectivity index (χ0n) is 9.93. The highest BCUT2D eigenvalue weighted by atomic mass is 35.5. The quantitative estimate of drug-likeness (QED) is 0.469. The van der Waals surface area contributed by atoms with E-state index in [0.717, 1.165) is 6.20 Å². The van der Waals surface area contributed by atoms with Gasteiger partial charge in [-0.05, 0) is 6.92 Å². The smallest absolute Gasteiger partial charge is 0.289 e. The van der Waals surface area contributed by atoms with Crippen molar-refractivity contribution in [3.05, 3.63) is 40.1 Å². The van der Waals surface area contributed by atoms with Gasteiger partial charge in [0.15, 0.2) is 0 Å². The minimum absolute atomic E-state index is 0.0453. The Morgan fingerprint density at radius 2 is 2.50 bits per heavy atom. The number of nitrogens with zero attached hydrogens (tertiary/aromatic N) is 2. The molecule has 0 aliphatic rings. The SMILES string of the molecule is C=CCOC(C)CNc1ncc([N+](=O)[O-])cc1Cl. The maximum atomic E-state index is 10.5. The highest BCUT2D eigenvalue weighted by molar-refractivity contribution is 6.33. The van der Waals surface area contributed by atoms with Crippen molar-refractivity contribution >= 4 is 23.1 Å². The van der Waals surface area contributed by atoms with Crippen molar-refractivity contribution in [3.8, 4) is 0 Å². The zero-order valence-corrected chi connectivity index (χ0v) is 10.7.